The molecule has 30 heavy (non-hydrogen) atoms. The zero-order chi connectivity index (χ0) is 20.9. The molecule has 0 bridgehead atoms. The van der Waals surface area contributed by atoms with Gasteiger partial charge in [-0.25, -0.2) is 0 Å². The van der Waals surface area contributed by atoms with Crippen molar-refractivity contribution in [2.75, 3.05) is 0 Å². The normalized spacial score (nSPS) is 10.8. The van der Waals surface area contributed by atoms with E-state index in [4.69, 9.17) is 12.2 Å². The van der Waals surface area contributed by atoms with Gasteiger partial charge in [0, 0.05) is 24.5 Å². The van der Waals surface area contributed by atoms with Gasteiger partial charge in [0.25, 0.3) is 0 Å². The molecule has 8 heteroatoms. The van der Waals surface area contributed by atoms with E-state index in [1.807, 2.05) is 72.4 Å². The Kier molecular flexibility index (Phi) is 5.85. The van der Waals surface area contributed by atoms with Crippen molar-refractivity contribution in [3.05, 3.63) is 88.5 Å². The molecule has 4 rings (SSSR count). The van der Waals surface area contributed by atoms with Gasteiger partial charge in [-0.15, -0.1) is 0 Å². The first kappa shape index (κ1) is 19.8. The number of aryl methyl sites for hydroxylation is 1. The lowest BCUT2D eigenvalue weighted by Gasteiger charge is -2.12. The van der Waals surface area contributed by atoms with Crippen LogP contribution >= 0.6 is 12.2 Å². The number of H-pyrrole nitrogens is 1. The Labute approximate surface area is 179 Å². The van der Waals surface area contributed by atoms with E-state index in [1.165, 1.54) is 0 Å². The smallest absolute Gasteiger partial charge is 0.240 e. The van der Waals surface area contributed by atoms with Gasteiger partial charge in [-0.1, -0.05) is 54.1 Å². The van der Waals surface area contributed by atoms with Crippen molar-refractivity contribution in [3.63, 3.8) is 0 Å². The summed E-state index contributed by atoms with van der Waals surface area (Å²) >= 11 is 5.34. The van der Waals surface area contributed by atoms with Crippen LogP contribution in [-0.2, 0) is 24.4 Å². The summed E-state index contributed by atoms with van der Waals surface area (Å²) in [6.45, 7) is 3.21. The van der Waals surface area contributed by atoms with Crippen LogP contribution in [-0.4, -0.2) is 30.5 Å². The summed E-state index contributed by atoms with van der Waals surface area (Å²) in [5.41, 5.74) is 4.23. The van der Waals surface area contributed by atoms with Crippen molar-refractivity contribution in [2.24, 2.45) is 0 Å². The maximum Gasteiger partial charge on any atom is 0.240 e. The van der Waals surface area contributed by atoms with Crippen molar-refractivity contribution < 1.29 is 4.79 Å². The first-order chi connectivity index (χ1) is 14.6. The number of benzene rings is 2. The monoisotopic (exact) mass is 418 g/mol. The summed E-state index contributed by atoms with van der Waals surface area (Å²) in [6, 6.07) is 17.9. The lowest BCUT2D eigenvalue weighted by Crippen LogP contribution is -2.28. The van der Waals surface area contributed by atoms with Crippen LogP contribution in [0.25, 0.3) is 11.4 Å². The summed E-state index contributed by atoms with van der Waals surface area (Å²) in [5.74, 6) is 0.518. The van der Waals surface area contributed by atoms with Crippen molar-refractivity contribution in [1.82, 2.24) is 29.9 Å². The van der Waals surface area contributed by atoms with E-state index in [-0.39, 0.29) is 12.5 Å². The van der Waals surface area contributed by atoms with Gasteiger partial charge in [0.05, 0.1) is 6.54 Å². The molecule has 0 spiro atoms. The number of nitrogens with zero attached hydrogens (tertiary/aromatic N) is 4. The minimum absolute atomic E-state index is 0.0971. The molecular formula is C22H22N6OS. The number of amides is 1. The maximum absolute atomic E-state index is 12.7. The third kappa shape index (κ3) is 4.55. The van der Waals surface area contributed by atoms with Crippen molar-refractivity contribution in [2.45, 2.75) is 26.6 Å². The Balaban J connectivity index is 1.45. The highest BCUT2D eigenvalue weighted by atomic mass is 32.1. The summed E-state index contributed by atoms with van der Waals surface area (Å²) in [6.07, 6.45) is 3.67. The van der Waals surface area contributed by atoms with Gasteiger partial charge < -0.3 is 5.32 Å². The molecule has 7 nitrogen and oxygen atoms in total. The Morgan fingerprint density at radius 1 is 1.10 bits per heavy atom. The van der Waals surface area contributed by atoms with E-state index in [0.29, 0.717) is 23.7 Å². The molecule has 0 aliphatic heterocycles. The number of rotatable bonds is 7. The first-order valence-corrected chi connectivity index (χ1v) is 10.0. The lowest BCUT2D eigenvalue weighted by molar-refractivity contribution is -0.121. The van der Waals surface area contributed by atoms with Gasteiger partial charge in [0.1, 0.15) is 6.54 Å². The van der Waals surface area contributed by atoms with Crippen LogP contribution < -0.4 is 5.32 Å². The van der Waals surface area contributed by atoms with E-state index < -0.39 is 0 Å². The molecule has 2 aromatic heterocycles. The molecule has 0 atom stereocenters. The van der Waals surface area contributed by atoms with Crippen LogP contribution in [0, 0.1) is 11.7 Å². The molecular weight excluding hydrogens is 396 g/mol. The van der Waals surface area contributed by atoms with Crippen LogP contribution in [0.5, 0.6) is 0 Å². The van der Waals surface area contributed by atoms with E-state index in [9.17, 15) is 4.79 Å². The summed E-state index contributed by atoms with van der Waals surface area (Å²) in [7, 11) is 0. The van der Waals surface area contributed by atoms with Gasteiger partial charge in [-0.05, 0) is 36.3 Å². The highest BCUT2D eigenvalue weighted by Gasteiger charge is 2.13. The van der Waals surface area contributed by atoms with E-state index >= 15 is 0 Å². The fourth-order valence-corrected chi connectivity index (χ4v) is 3.43. The molecule has 0 saturated heterocycles. The van der Waals surface area contributed by atoms with Crippen LogP contribution in [0.1, 0.15) is 16.7 Å². The molecule has 0 unspecified atom stereocenters. The summed E-state index contributed by atoms with van der Waals surface area (Å²) < 4.78 is 3.99. The molecule has 0 saturated carbocycles. The third-order valence-electron chi connectivity index (χ3n) is 4.86. The molecule has 1 amide bonds. The molecule has 2 heterocycles. The van der Waals surface area contributed by atoms with E-state index in [0.717, 1.165) is 22.3 Å². The Hall–Kier alpha value is -3.52. The third-order valence-corrected chi connectivity index (χ3v) is 5.17. The highest BCUT2D eigenvalue weighted by molar-refractivity contribution is 7.71. The molecule has 2 N–H and O–H groups in total. The molecule has 0 aliphatic carbocycles. The quantitative estimate of drug-likeness (QED) is 0.450. The van der Waals surface area contributed by atoms with Crippen LogP contribution in [0.2, 0.25) is 0 Å². The Morgan fingerprint density at radius 2 is 1.87 bits per heavy atom. The standard InChI is InChI=1S/C22H22N6OS/c1-16-7-9-17(10-8-16)21-25-26-22(30)28(21)15-20(29)23-13-18-5-2-3-6-19(18)14-27-12-4-11-24-27/h2-12H,13-15H2,1H3,(H,23,29)(H,26,30). The van der Waals surface area contributed by atoms with Crippen LogP contribution in [0.3, 0.4) is 0 Å². The van der Waals surface area contributed by atoms with Gasteiger partial charge in [0.15, 0.2) is 10.6 Å². The molecule has 4 aromatic rings. The Bertz CT molecular complexity index is 1190. The highest BCUT2D eigenvalue weighted by Crippen LogP contribution is 2.18. The molecule has 2 aromatic carbocycles. The zero-order valence-electron chi connectivity index (χ0n) is 16.6. The maximum atomic E-state index is 12.7. The first-order valence-electron chi connectivity index (χ1n) is 9.63. The molecule has 0 fully saturated rings. The second kappa shape index (κ2) is 8.87. The van der Waals surface area contributed by atoms with Crippen molar-refractivity contribution >= 4 is 18.1 Å². The summed E-state index contributed by atoms with van der Waals surface area (Å²) in [5, 5.41) is 14.3. The average Bonchev–Trinajstić information content (AvgIpc) is 3.38. The molecule has 0 radical (unpaired) electrons. The molecule has 152 valence electrons. The molecule has 0 aliphatic rings. The fourth-order valence-electron chi connectivity index (χ4n) is 3.23. The van der Waals surface area contributed by atoms with Gasteiger partial charge in [-0.2, -0.15) is 10.2 Å². The summed E-state index contributed by atoms with van der Waals surface area (Å²) in [4.78, 5) is 12.7. The lowest BCUT2D eigenvalue weighted by atomic mass is 10.1. The second-order valence-electron chi connectivity index (χ2n) is 7.05. The largest absolute Gasteiger partial charge is 0.350 e. The number of aromatic amines is 1. The van der Waals surface area contributed by atoms with Gasteiger partial charge in [0.2, 0.25) is 5.91 Å². The number of hydrogen-bond acceptors (Lipinski definition) is 4. The minimum Gasteiger partial charge on any atom is -0.350 e. The number of hydrogen-bond donors (Lipinski definition) is 2. The van der Waals surface area contributed by atoms with Crippen LogP contribution in [0.4, 0.5) is 0 Å². The van der Waals surface area contributed by atoms with E-state index in [2.05, 4.69) is 20.6 Å². The predicted molar refractivity (Wildman–Crippen MR) is 117 cm³/mol. The number of carbonyl (C=O) groups is 1. The van der Waals surface area contributed by atoms with Crippen LogP contribution in [0.15, 0.2) is 67.0 Å². The number of nitrogens with one attached hydrogen (secondary N) is 2. The Morgan fingerprint density at radius 3 is 2.60 bits per heavy atom. The van der Waals surface area contributed by atoms with Crippen molar-refractivity contribution in [1.29, 1.82) is 0 Å². The second-order valence-corrected chi connectivity index (χ2v) is 7.44. The fraction of sp³-hybridized carbons (Fsp3) is 0.182. The topological polar surface area (TPSA) is 80.5 Å². The zero-order valence-corrected chi connectivity index (χ0v) is 17.4. The van der Waals surface area contributed by atoms with Gasteiger partial charge in [-0.3, -0.25) is 19.1 Å². The average molecular weight is 419 g/mol. The SMILES string of the molecule is Cc1ccc(-c2n[nH]c(=S)n2CC(=O)NCc2ccccc2Cn2cccn2)cc1. The van der Waals surface area contributed by atoms with Crippen molar-refractivity contribution in [3.8, 4) is 11.4 Å². The minimum atomic E-state index is -0.130. The van der Waals surface area contributed by atoms with Gasteiger partial charge >= 0.3 is 0 Å². The number of aromatic nitrogens is 5. The predicted octanol–water partition coefficient (Wildman–Crippen LogP) is 3.48. The van der Waals surface area contributed by atoms with E-state index in [1.54, 1.807) is 10.8 Å². The number of carbonyl (C=O) groups excluding carboxylic acids is 1.